The Kier molecular flexibility index (Phi) is 8.70. The first kappa shape index (κ1) is 23.4. The first-order valence-electron chi connectivity index (χ1n) is 10.6. The average molecular weight is 452 g/mol. The number of halogens is 1. The zero-order chi connectivity index (χ0) is 22.8. The van der Waals surface area contributed by atoms with Crippen LogP contribution in [0.2, 0.25) is 5.02 Å². The molecule has 1 N–H and O–H groups in total. The lowest BCUT2D eigenvalue weighted by Gasteiger charge is -2.08. The predicted octanol–water partition coefficient (Wildman–Crippen LogP) is 6.97. The minimum atomic E-state index is -0.515. The summed E-state index contributed by atoms with van der Waals surface area (Å²) in [5.74, 6) is 0.398. The van der Waals surface area contributed by atoms with Gasteiger partial charge in [-0.05, 0) is 61.0 Å². The fraction of sp³-hybridized carbons (Fsp3) is 0.231. The molecule has 0 saturated heterocycles. The Hall–Kier alpha value is -3.31. The molecule has 5 nitrogen and oxygen atoms in total. The second-order valence-corrected chi connectivity index (χ2v) is 7.72. The smallest absolute Gasteiger partial charge is 0.343 e. The van der Waals surface area contributed by atoms with Crippen molar-refractivity contribution in [2.45, 2.75) is 32.6 Å². The predicted molar refractivity (Wildman–Crippen MR) is 128 cm³/mol. The van der Waals surface area contributed by atoms with Gasteiger partial charge in [0.25, 0.3) is 0 Å². The van der Waals surface area contributed by atoms with Crippen molar-refractivity contribution in [2.24, 2.45) is 4.99 Å². The van der Waals surface area contributed by atoms with Gasteiger partial charge in [0.15, 0.2) is 0 Å². The molecule has 166 valence electrons. The van der Waals surface area contributed by atoms with Crippen LogP contribution in [0.3, 0.4) is 0 Å². The molecule has 0 spiro atoms. The van der Waals surface area contributed by atoms with E-state index in [4.69, 9.17) is 21.1 Å². The van der Waals surface area contributed by atoms with E-state index in [9.17, 15) is 9.90 Å². The number of esters is 1. The van der Waals surface area contributed by atoms with E-state index < -0.39 is 5.97 Å². The number of phenolic OH excluding ortho intramolecular Hbond substituents is 1. The fourth-order valence-electron chi connectivity index (χ4n) is 2.97. The molecule has 0 amide bonds. The lowest BCUT2D eigenvalue weighted by molar-refractivity contribution is 0.0734. The highest BCUT2D eigenvalue weighted by molar-refractivity contribution is 6.30. The number of unbranched alkanes of at least 4 members (excludes halogenated alkanes) is 3. The van der Waals surface area contributed by atoms with Crippen molar-refractivity contribution in [3.8, 4) is 17.2 Å². The van der Waals surface area contributed by atoms with Gasteiger partial charge in [0, 0.05) is 22.9 Å². The van der Waals surface area contributed by atoms with Gasteiger partial charge in [-0.3, -0.25) is 4.99 Å². The van der Waals surface area contributed by atoms with Crippen molar-refractivity contribution in [1.82, 2.24) is 0 Å². The Bertz CT molecular complexity index is 1060. The lowest BCUT2D eigenvalue weighted by Crippen LogP contribution is -2.08. The number of aliphatic imine (C=N–C) groups is 1. The van der Waals surface area contributed by atoms with Crippen molar-refractivity contribution < 1.29 is 19.4 Å². The van der Waals surface area contributed by atoms with E-state index in [0.29, 0.717) is 28.4 Å². The maximum atomic E-state index is 12.4. The molecule has 0 fully saturated rings. The van der Waals surface area contributed by atoms with Crippen LogP contribution in [-0.4, -0.2) is 23.9 Å². The molecule has 0 saturated carbocycles. The van der Waals surface area contributed by atoms with E-state index in [1.54, 1.807) is 60.7 Å². The first-order valence-corrected chi connectivity index (χ1v) is 11.0. The third-order valence-corrected chi connectivity index (χ3v) is 4.97. The number of hydrogen-bond acceptors (Lipinski definition) is 5. The van der Waals surface area contributed by atoms with Crippen LogP contribution in [0.5, 0.6) is 17.2 Å². The summed E-state index contributed by atoms with van der Waals surface area (Å²) in [6, 6.07) is 18.5. The monoisotopic (exact) mass is 451 g/mol. The van der Waals surface area contributed by atoms with Gasteiger partial charge < -0.3 is 14.6 Å². The van der Waals surface area contributed by atoms with Crippen molar-refractivity contribution in [3.05, 3.63) is 82.9 Å². The zero-order valence-corrected chi connectivity index (χ0v) is 18.7. The lowest BCUT2D eigenvalue weighted by atomic mass is 10.2. The second kappa shape index (κ2) is 11.9. The summed E-state index contributed by atoms with van der Waals surface area (Å²) in [5, 5.41) is 10.8. The Balaban J connectivity index is 1.56. The average Bonchev–Trinajstić information content (AvgIpc) is 2.79. The van der Waals surface area contributed by atoms with Gasteiger partial charge in [0.1, 0.15) is 17.2 Å². The SMILES string of the molecule is CCCCCCOc1ccc(C(=O)Oc2ccc(C=Nc3cccc(Cl)c3)c(O)c2)cc1. The van der Waals surface area contributed by atoms with Crippen molar-refractivity contribution in [3.63, 3.8) is 0 Å². The second-order valence-electron chi connectivity index (χ2n) is 7.28. The maximum absolute atomic E-state index is 12.4. The van der Waals surface area contributed by atoms with Crippen molar-refractivity contribution in [1.29, 1.82) is 0 Å². The third kappa shape index (κ3) is 7.13. The molecule has 0 heterocycles. The number of aromatic hydroxyl groups is 1. The van der Waals surface area contributed by atoms with Crippen LogP contribution < -0.4 is 9.47 Å². The number of ether oxygens (including phenoxy) is 2. The zero-order valence-electron chi connectivity index (χ0n) is 18.0. The number of phenols is 1. The minimum absolute atomic E-state index is 0.0482. The molecule has 0 aromatic heterocycles. The molecule has 3 rings (SSSR count). The van der Waals surface area contributed by atoms with Gasteiger partial charge in [0.2, 0.25) is 0 Å². The number of hydrogen-bond donors (Lipinski definition) is 1. The highest BCUT2D eigenvalue weighted by Crippen LogP contribution is 2.25. The van der Waals surface area contributed by atoms with E-state index in [-0.39, 0.29) is 11.5 Å². The molecular weight excluding hydrogens is 426 g/mol. The van der Waals surface area contributed by atoms with Crippen LogP contribution in [0.4, 0.5) is 5.69 Å². The summed E-state index contributed by atoms with van der Waals surface area (Å²) in [4.78, 5) is 16.7. The van der Waals surface area contributed by atoms with Crippen LogP contribution >= 0.6 is 11.6 Å². The van der Waals surface area contributed by atoms with E-state index in [1.165, 1.54) is 25.1 Å². The van der Waals surface area contributed by atoms with Gasteiger partial charge in [-0.2, -0.15) is 0 Å². The molecule has 3 aromatic carbocycles. The molecule has 0 atom stereocenters. The third-order valence-electron chi connectivity index (χ3n) is 4.73. The Labute approximate surface area is 193 Å². The molecule has 3 aromatic rings. The maximum Gasteiger partial charge on any atom is 0.343 e. The Morgan fingerprint density at radius 1 is 1.00 bits per heavy atom. The van der Waals surface area contributed by atoms with Gasteiger partial charge in [-0.25, -0.2) is 4.79 Å². The number of carbonyl (C=O) groups is 1. The molecule has 0 radical (unpaired) electrons. The molecule has 32 heavy (non-hydrogen) atoms. The molecule has 0 aliphatic rings. The van der Waals surface area contributed by atoms with Crippen LogP contribution in [0.1, 0.15) is 48.5 Å². The summed E-state index contributed by atoms with van der Waals surface area (Å²) in [7, 11) is 0. The summed E-state index contributed by atoms with van der Waals surface area (Å²) in [6.07, 6.45) is 6.08. The van der Waals surface area contributed by atoms with Crippen LogP contribution in [0.25, 0.3) is 0 Å². The standard InChI is InChI=1S/C26H26ClNO4/c1-2-3-4-5-15-31-23-12-9-19(10-13-23)26(30)32-24-14-11-20(25(29)17-24)18-28-22-8-6-7-21(27)16-22/h6-14,16-18,29H,2-5,15H2,1H3. The molecular formula is C26H26ClNO4. The number of nitrogens with zero attached hydrogens (tertiary/aromatic N) is 1. The minimum Gasteiger partial charge on any atom is -0.507 e. The molecule has 0 bridgehead atoms. The molecule has 6 heteroatoms. The molecule has 0 aliphatic carbocycles. The highest BCUT2D eigenvalue weighted by atomic mass is 35.5. The van der Waals surface area contributed by atoms with Crippen LogP contribution in [-0.2, 0) is 0 Å². The largest absolute Gasteiger partial charge is 0.507 e. The number of carbonyl (C=O) groups excluding carboxylic acids is 1. The van der Waals surface area contributed by atoms with E-state index >= 15 is 0 Å². The highest BCUT2D eigenvalue weighted by Gasteiger charge is 2.10. The van der Waals surface area contributed by atoms with E-state index in [2.05, 4.69) is 11.9 Å². The summed E-state index contributed by atoms with van der Waals surface area (Å²) in [5.41, 5.74) is 1.56. The topological polar surface area (TPSA) is 68.1 Å². The Morgan fingerprint density at radius 2 is 1.78 bits per heavy atom. The fourth-order valence-corrected chi connectivity index (χ4v) is 3.15. The Morgan fingerprint density at radius 3 is 2.50 bits per heavy atom. The van der Waals surface area contributed by atoms with Crippen LogP contribution in [0.15, 0.2) is 71.7 Å². The van der Waals surface area contributed by atoms with Gasteiger partial charge in [0.05, 0.1) is 17.9 Å². The van der Waals surface area contributed by atoms with Crippen molar-refractivity contribution in [2.75, 3.05) is 6.61 Å². The summed E-state index contributed by atoms with van der Waals surface area (Å²) in [6.45, 7) is 2.83. The normalized spacial score (nSPS) is 10.9. The summed E-state index contributed by atoms with van der Waals surface area (Å²) < 4.78 is 11.1. The summed E-state index contributed by atoms with van der Waals surface area (Å²) >= 11 is 5.95. The van der Waals surface area contributed by atoms with Crippen molar-refractivity contribution >= 4 is 29.5 Å². The number of benzene rings is 3. The molecule has 0 unspecified atom stereocenters. The van der Waals surface area contributed by atoms with Gasteiger partial charge >= 0.3 is 5.97 Å². The first-order chi connectivity index (χ1) is 15.5. The van der Waals surface area contributed by atoms with Crippen LogP contribution in [0, 0.1) is 0 Å². The van der Waals surface area contributed by atoms with Gasteiger partial charge in [-0.1, -0.05) is 43.9 Å². The molecule has 0 aliphatic heterocycles. The quantitative estimate of drug-likeness (QED) is 0.156. The van der Waals surface area contributed by atoms with Gasteiger partial charge in [-0.15, -0.1) is 0 Å². The van der Waals surface area contributed by atoms with E-state index in [1.807, 2.05) is 0 Å². The van der Waals surface area contributed by atoms with E-state index in [0.717, 1.165) is 18.6 Å². The number of rotatable bonds is 10.